The molecule has 0 spiro atoms. The summed E-state index contributed by atoms with van der Waals surface area (Å²) in [6, 6.07) is 0. The highest BCUT2D eigenvalue weighted by Gasteiger charge is 2.20. The van der Waals surface area contributed by atoms with Gasteiger partial charge in [0.1, 0.15) is 5.69 Å². The third-order valence-electron chi connectivity index (χ3n) is 2.75. The first-order valence-corrected chi connectivity index (χ1v) is 6.68. The number of amides is 1. The molecule has 0 saturated heterocycles. The molecule has 2 N–H and O–H groups in total. The fraction of sp³-hybridized carbons (Fsp3) is 0.500. The highest BCUT2D eigenvalue weighted by atomic mass is 32.1. The van der Waals surface area contributed by atoms with Crippen LogP contribution in [0.1, 0.15) is 28.8 Å². The van der Waals surface area contributed by atoms with Gasteiger partial charge >= 0.3 is 0 Å². The molecule has 1 aliphatic heterocycles. The predicted molar refractivity (Wildman–Crippen MR) is 69.1 cm³/mol. The van der Waals surface area contributed by atoms with E-state index in [4.69, 9.17) is 5.73 Å². The van der Waals surface area contributed by atoms with E-state index in [1.54, 1.807) is 0 Å². The maximum atomic E-state index is 12.2. The molecule has 0 radical (unpaired) electrons. The fourth-order valence-corrected chi connectivity index (χ4v) is 2.68. The lowest BCUT2D eigenvalue weighted by molar-refractivity contribution is 0.0760. The number of nitrogens with zero attached hydrogens (tertiary/aromatic N) is 2. The number of carbonyl (C=O) groups is 1. The number of aromatic nitrogens is 1. The van der Waals surface area contributed by atoms with Gasteiger partial charge in [0, 0.05) is 24.9 Å². The summed E-state index contributed by atoms with van der Waals surface area (Å²) in [5, 5.41) is 2.78. The molecule has 0 aromatic carbocycles. The van der Waals surface area contributed by atoms with Gasteiger partial charge < -0.3 is 10.6 Å². The van der Waals surface area contributed by atoms with Gasteiger partial charge in [-0.05, 0) is 19.9 Å². The average Bonchev–Trinajstić information content (AvgIpc) is 2.77. The van der Waals surface area contributed by atoms with Crippen LogP contribution in [-0.2, 0) is 6.42 Å². The molecule has 1 aliphatic rings. The molecule has 5 heteroatoms. The maximum Gasteiger partial charge on any atom is 0.273 e. The summed E-state index contributed by atoms with van der Waals surface area (Å²) in [4.78, 5) is 18.4. The van der Waals surface area contributed by atoms with Gasteiger partial charge in [0.25, 0.3) is 5.91 Å². The van der Waals surface area contributed by atoms with Crippen molar-refractivity contribution in [2.75, 3.05) is 19.6 Å². The van der Waals surface area contributed by atoms with E-state index in [1.165, 1.54) is 16.9 Å². The summed E-state index contributed by atoms with van der Waals surface area (Å²) in [5.41, 5.74) is 7.29. The zero-order chi connectivity index (χ0) is 12.3. The normalized spacial score (nSPS) is 15.9. The molecule has 1 aromatic rings. The third kappa shape index (κ3) is 2.92. The molecule has 1 amide bonds. The average molecular weight is 251 g/mol. The van der Waals surface area contributed by atoms with Crippen LogP contribution in [0.3, 0.4) is 0 Å². The van der Waals surface area contributed by atoms with Gasteiger partial charge in [-0.2, -0.15) is 0 Å². The number of hydrogen-bond donors (Lipinski definition) is 1. The molecule has 92 valence electrons. The second kappa shape index (κ2) is 5.42. The summed E-state index contributed by atoms with van der Waals surface area (Å²) in [6.07, 6.45) is 3.87. The molecule has 2 heterocycles. The highest BCUT2D eigenvalue weighted by molar-refractivity contribution is 7.09. The van der Waals surface area contributed by atoms with Crippen LogP contribution in [0.5, 0.6) is 0 Å². The minimum Gasteiger partial charge on any atom is -0.333 e. The van der Waals surface area contributed by atoms with Crippen molar-refractivity contribution < 1.29 is 4.79 Å². The quantitative estimate of drug-likeness (QED) is 0.827. The van der Waals surface area contributed by atoms with Gasteiger partial charge in [0.2, 0.25) is 0 Å². The predicted octanol–water partition coefficient (Wildman–Crippen LogP) is 1.44. The second-order valence-electron chi connectivity index (χ2n) is 4.23. The molecule has 0 bridgehead atoms. The van der Waals surface area contributed by atoms with Crippen molar-refractivity contribution in [3.63, 3.8) is 0 Å². The van der Waals surface area contributed by atoms with Crippen LogP contribution in [0, 0.1) is 0 Å². The minimum atomic E-state index is 0.0389. The minimum absolute atomic E-state index is 0.0389. The number of nitrogens with two attached hydrogens (primary N) is 1. The Kier molecular flexibility index (Phi) is 3.91. The first-order valence-electron chi connectivity index (χ1n) is 5.80. The Morgan fingerprint density at radius 2 is 2.47 bits per heavy atom. The van der Waals surface area contributed by atoms with Gasteiger partial charge in [0.15, 0.2) is 0 Å². The third-order valence-corrected chi connectivity index (χ3v) is 3.66. The molecular formula is C12H17N3OS. The van der Waals surface area contributed by atoms with Crippen LogP contribution in [0.2, 0.25) is 0 Å². The molecule has 0 saturated carbocycles. The molecule has 0 unspecified atom stereocenters. The van der Waals surface area contributed by atoms with E-state index in [1.807, 2.05) is 10.3 Å². The molecule has 0 atom stereocenters. The van der Waals surface area contributed by atoms with Crippen molar-refractivity contribution in [2.45, 2.75) is 19.8 Å². The maximum absolute atomic E-state index is 12.2. The lowest BCUT2D eigenvalue weighted by Gasteiger charge is -2.25. The number of hydrogen-bond acceptors (Lipinski definition) is 4. The molecule has 1 aromatic heterocycles. The summed E-state index contributed by atoms with van der Waals surface area (Å²) < 4.78 is 0. The van der Waals surface area contributed by atoms with E-state index in [-0.39, 0.29) is 5.91 Å². The first-order chi connectivity index (χ1) is 8.20. The molecule has 17 heavy (non-hydrogen) atoms. The summed E-state index contributed by atoms with van der Waals surface area (Å²) in [5.74, 6) is 0.0389. The monoisotopic (exact) mass is 251 g/mol. The van der Waals surface area contributed by atoms with Crippen LogP contribution in [0.4, 0.5) is 0 Å². The Labute approximate surface area is 105 Å². The Bertz CT molecular complexity index is 439. The molecule has 0 aliphatic carbocycles. The van der Waals surface area contributed by atoms with Gasteiger partial charge in [-0.3, -0.25) is 4.79 Å². The second-order valence-corrected chi connectivity index (χ2v) is 5.17. The van der Waals surface area contributed by atoms with Gasteiger partial charge in [0.05, 0.1) is 5.01 Å². The van der Waals surface area contributed by atoms with E-state index in [2.05, 4.69) is 18.0 Å². The molecule has 0 fully saturated rings. The topological polar surface area (TPSA) is 59.2 Å². The Morgan fingerprint density at radius 1 is 1.65 bits per heavy atom. The summed E-state index contributed by atoms with van der Waals surface area (Å²) in [6.45, 7) is 4.15. The number of rotatable bonds is 3. The molecule has 2 rings (SSSR count). The standard InChI is InChI=1S/C12H17N3OS/c1-9-3-2-6-15(7-9)12(16)10-8-17-11(14-10)4-5-13/h3,8H,2,4-7,13H2,1H3. The Balaban J connectivity index is 2.06. The Hall–Kier alpha value is -1.20. The van der Waals surface area contributed by atoms with Crippen molar-refractivity contribution in [3.05, 3.63) is 27.7 Å². The van der Waals surface area contributed by atoms with Crippen LogP contribution in [0.25, 0.3) is 0 Å². The van der Waals surface area contributed by atoms with E-state index >= 15 is 0 Å². The number of thiazole rings is 1. The van der Waals surface area contributed by atoms with Gasteiger partial charge in [-0.1, -0.05) is 11.6 Å². The Morgan fingerprint density at radius 3 is 3.18 bits per heavy atom. The fourth-order valence-electron chi connectivity index (χ4n) is 1.89. The smallest absolute Gasteiger partial charge is 0.273 e. The largest absolute Gasteiger partial charge is 0.333 e. The van der Waals surface area contributed by atoms with Crippen LogP contribution < -0.4 is 5.73 Å². The van der Waals surface area contributed by atoms with E-state index in [0.717, 1.165) is 30.9 Å². The SMILES string of the molecule is CC1=CCCN(C(=O)c2csc(CCN)n2)C1. The van der Waals surface area contributed by atoms with Crippen molar-refractivity contribution in [3.8, 4) is 0 Å². The number of carbonyl (C=O) groups excluding carboxylic acids is 1. The molecule has 4 nitrogen and oxygen atoms in total. The van der Waals surface area contributed by atoms with Crippen molar-refractivity contribution in [2.24, 2.45) is 5.73 Å². The van der Waals surface area contributed by atoms with Crippen LogP contribution >= 0.6 is 11.3 Å². The zero-order valence-electron chi connectivity index (χ0n) is 9.98. The van der Waals surface area contributed by atoms with Crippen molar-refractivity contribution >= 4 is 17.2 Å². The first kappa shape index (κ1) is 12.3. The highest BCUT2D eigenvalue weighted by Crippen LogP contribution is 2.15. The van der Waals surface area contributed by atoms with Crippen LogP contribution in [0.15, 0.2) is 17.0 Å². The van der Waals surface area contributed by atoms with Crippen LogP contribution in [-0.4, -0.2) is 35.4 Å². The summed E-state index contributed by atoms with van der Waals surface area (Å²) >= 11 is 1.51. The van der Waals surface area contributed by atoms with E-state index in [9.17, 15) is 4.79 Å². The van der Waals surface area contributed by atoms with Crippen molar-refractivity contribution in [1.29, 1.82) is 0 Å². The summed E-state index contributed by atoms with van der Waals surface area (Å²) in [7, 11) is 0. The van der Waals surface area contributed by atoms with E-state index in [0.29, 0.717) is 12.2 Å². The van der Waals surface area contributed by atoms with E-state index < -0.39 is 0 Å². The zero-order valence-corrected chi connectivity index (χ0v) is 10.8. The van der Waals surface area contributed by atoms with Gasteiger partial charge in [-0.25, -0.2) is 4.98 Å². The molecular weight excluding hydrogens is 234 g/mol. The van der Waals surface area contributed by atoms with Gasteiger partial charge in [-0.15, -0.1) is 11.3 Å². The van der Waals surface area contributed by atoms with Crippen molar-refractivity contribution in [1.82, 2.24) is 9.88 Å². The lowest BCUT2D eigenvalue weighted by atomic mass is 10.1. The lowest BCUT2D eigenvalue weighted by Crippen LogP contribution is -2.35.